The predicted octanol–water partition coefficient (Wildman–Crippen LogP) is -0.211. The van der Waals surface area contributed by atoms with Gasteiger partial charge in [-0.15, -0.1) is 0 Å². The maximum absolute atomic E-state index is 12.1. The Morgan fingerprint density at radius 2 is 2.00 bits per heavy atom. The van der Waals surface area contributed by atoms with E-state index < -0.39 is 17.2 Å². The van der Waals surface area contributed by atoms with E-state index in [-0.39, 0.29) is 12.1 Å². The third-order valence-electron chi connectivity index (χ3n) is 3.33. The van der Waals surface area contributed by atoms with E-state index in [9.17, 15) is 14.4 Å². The van der Waals surface area contributed by atoms with Crippen molar-refractivity contribution in [3.05, 3.63) is 68.8 Å². The fourth-order valence-corrected chi connectivity index (χ4v) is 2.08. The molecule has 0 spiro atoms. The summed E-state index contributed by atoms with van der Waals surface area (Å²) >= 11 is 0. The van der Waals surface area contributed by atoms with Crippen molar-refractivity contribution in [3.63, 3.8) is 0 Å². The second-order valence-corrected chi connectivity index (χ2v) is 5.07. The van der Waals surface area contributed by atoms with Crippen LogP contribution in [-0.2, 0) is 13.6 Å². The molecule has 3 aromatic rings. The van der Waals surface area contributed by atoms with Gasteiger partial charge in [0.05, 0.1) is 6.54 Å². The molecule has 2 aromatic heterocycles. The van der Waals surface area contributed by atoms with Crippen molar-refractivity contribution in [1.29, 1.82) is 0 Å². The Kier molecular flexibility index (Phi) is 4.06. The molecular formula is C15H14N6O3. The smallest absolute Gasteiger partial charge is 0.328 e. The molecule has 1 amide bonds. The zero-order valence-electron chi connectivity index (χ0n) is 12.7. The fraction of sp³-hybridized carbons (Fsp3) is 0.133. The minimum atomic E-state index is -0.738. The van der Waals surface area contributed by atoms with Crippen molar-refractivity contribution >= 4 is 5.91 Å². The first-order valence-electron chi connectivity index (χ1n) is 7.09. The molecule has 9 heteroatoms. The molecule has 0 atom stereocenters. The number of hydrogen-bond acceptors (Lipinski definition) is 5. The number of H-pyrrole nitrogens is 2. The van der Waals surface area contributed by atoms with Gasteiger partial charge in [0.2, 0.25) is 0 Å². The van der Waals surface area contributed by atoms with E-state index in [2.05, 4.69) is 25.5 Å². The van der Waals surface area contributed by atoms with Crippen molar-refractivity contribution in [2.24, 2.45) is 7.05 Å². The number of nitrogens with one attached hydrogen (secondary N) is 3. The van der Waals surface area contributed by atoms with E-state index in [0.29, 0.717) is 11.6 Å². The Hall–Kier alpha value is -3.49. The second-order valence-electron chi connectivity index (χ2n) is 5.07. The van der Waals surface area contributed by atoms with Gasteiger partial charge in [0.15, 0.2) is 5.82 Å². The molecule has 0 fully saturated rings. The first kappa shape index (κ1) is 15.4. The molecular weight excluding hydrogens is 312 g/mol. The Labute approximate surface area is 135 Å². The van der Waals surface area contributed by atoms with Gasteiger partial charge in [0.25, 0.3) is 11.5 Å². The van der Waals surface area contributed by atoms with Gasteiger partial charge < -0.3 is 9.88 Å². The SMILES string of the molecule is Cn1cc(C(=O)NCc2nc(-c3ccccc3)n[nH]2)c(=O)[nH]c1=O. The van der Waals surface area contributed by atoms with Crippen LogP contribution in [0.25, 0.3) is 11.4 Å². The summed E-state index contributed by atoms with van der Waals surface area (Å²) in [6, 6.07) is 9.38. The molecule has 0 aliphatic carbocycles. The highest BCUT2D eigenvalue weighted by Crippen LogP contribution is 2.13. The van der Waals surface area contributed by atoms with Crippen LogP contribution in [0.5, 0.6) is 0 Å². The molecule has 0 aliphatic heterocycles. The summed E-state index contributed by atoms with van der Waals surface area (Å²) in [5, 5.41) is 9.37. The topological polar surface area (TPSA) is 126 Å². The number of aromatic amines is 2. The molecule has 0 saturated carbocycles. The highest BCUT2D eigenvalue weighted by Gasteiger charge is 2.13. The summed E-state index contributed by atoms with van der Waals surface area (Å²) in [6.45, 7) is 0.0704. The zero-order chi connectivity index (χ0) is 17.1. The lowest BCUT2D eigenvalue weighted by Crippen LogP contribution is -2.36. The molecule has 0 unspecified atom stereocenters. The van der Waals surface area contributed by atoms with E-state index in [4.69, 9.17) is 0 Å². The normalized spacial score (nSPS) is 10.5. The summed E-state index contributed by atoms with van der Waals surface area (Å²) in [7, 11) is 1.44. The van der Waals surface area contributed by atoms with Crippen LogP contribution in [0.2, 0.25) is 0 Å². The quantitative estimate of drug-likeness (QED) is 0.611. The average molecular weight is 326 g/mol. The van der Waals surface area contributed by atoms with Crippen molar-refractivity contribution in [3.8, 4) is 11.4 Å². The molecule has 0 aliphatic rings. The summed E-state index contributed by atoms with van der Waals surface area (Å²) in [4.78, 5) is 41.4. The molecule has 9 nitrogen and oxygen atoms in total. The minimum Gasteiger partial charge on any atom is -0.345 e. The van der Waals surface area contributed by atoms with Crippen molar-refractivity contribution in [1.82, 2.24) is 30.0 Å². The average Bonchev–Trinajstić information content (AvgIpc) is 3.06. The van der Waals surface area contributed by atoms with Crippen LogP contribution in [-0.4, -0.2) is 30.6 Å². The Bertz CT molecular complexity index is 986. The molecule has 3 N–H and O–H groups in total. The standard InChI is InChI=1S/C15H14N6O3/c1-21-8-10(14(23)18-15(21)24)13(22)16-7-11-17-12(20-19-11)9-5-3-2-4-6-9/h2-6,8H,7H2,1H3,(H,16,22)(H,17,19,20)(H,18,23,24). The highest BCUT2D eigenvalue weighted by molar-refractivity contribution is 5.93. The number of nitrogens with zero attached hydrogens (tertiary/aromatic N) is 3. The van der Waals surface area contributed by atoms with Crippen LogP contribution in [0, 0.1) is 0 Å². The van der Waals surface area contributed by atoms with E-state index in [1.807, 2.05) is 30.3 Å². The molecule has 122 valence electrons. The van der Waals surface area contributed by atoms with Crippen molar-refractivity contribution in [2.45, 2.75) is 6.54 Å². The summed E-state index contributed by atoms with van der Waals surface area (Å²) in [6.07, 6.45) is 1.19. The van der Waals surface area contributed by atoms with Gasteiger partial charge in [-0.1, -0.05) is 30.3 Å². The van der Waals surface area contributed by atoms with Crippen molar-refractivity contribution in [2.75, 3.05) is 0 Å². The fourth-order valence-electron chi connectivity index (χ4n) is 2.08. The van der Waals surface area contributed by atoms with E-state index in [0.717, 1.165) is 10.1 Å². The summed E-state index contributed by atoms with van der Waals surface area (Å²) < 4.78 is 1.12. The Morgan fingerprint density at radius 3 is 2.75 bits per heavy atom. The monoisotopic (exact) mass is 326 g/mol. The summed E-state index contributed by atoms with van der Waals surface area (Å²) in [5.74, 6) is 0.354. The number of aromatic nitrogens is 5. The van der Waals surface area contributed by atoms with Gasteiger partial charge in [-0.05, 0) is 0 Å². The van der Waals surface area contributed by atoms with Crippen LogP contribution >= 0.6 is 0 Å². The molecule has 24 heavy (non-hydrogen) atoms. The first-order chi connectivity index (χ1) is 11.5. The van der Waals surface area contributed by atoms with Gasteiger partial charge in [-0.3, -0.25) is 19.7 Å². The molecule has 0 saturated heterocycles. The number of amides is 1. The number of aryl methyl sites for hydroxylation is 1. The van der Waals surface area contributed by atoms with E-state index in [1.165, 1.54) is 13.2 Å². The number of benzene rings is 1. The molecule has 3 rings (SSSR count). The lowest BCUT2D eigenvalue weighted by atomic mass is 10.2. The van der Waals surface area contributed by atoms with Gasteiger partial charge in [0, 0.05) is 18.8 Å². The van der Waals surface area contributed by atoms with E-state index >= 15 is 0 Å². The zero-order valence-corrected chi connectivity index (χ0v) is 12.7. The number of carbonyl (C=O) groups excluding carboxylic acids is 1. The van der Waals surface area contributed by atoms with Crippen LogP contribution in [0.15, 0.2) is 46.1 Å². The maximum atomic E-state index is 12.1. The van der Waals surface area contributed by atoms with Gasteiger partial charge >= 0.3 is 5.69 Å². The van der Waals surface area contributed by atoms with Crippen LogP contribution < -0.4 is 16.6 Å². The van der Waals surface area contributed by atoms with Crippen LogP contribution in [0.3, 0.4) is 0 Å². The second kappa shape index (κ2) is 6.32. The van der Waals surface area contributed by atoms with Crippen LogP contribution in [0.1, 0.15) is 16.2 Å². The molecule has 0 radical (unpaired) electrons. The lowest BCUT2D eigenvalue weighted by molar-refractivity contribution is 0.0947. The third-order valence-corrected chi connectivity index (χ3v) is 3.33. The van der Waals surface area contributed by atoms with Crippen molar-refractivity contribution < 1.29 is 4.79 Å². The molecule has 0 bridgehead atoms. The summed E-state index contributed by atoms with van der Waals surface area (Å²) in [5.41, 5.74) is -0.627. The molecule has 1 aromatic carbocycles. The first-order valence-corrected chi connectivity index (χ1v) is 7.09. The number of carbonyl (C=O) groups is 1. The highest BCUT2D eigenvalue weighted by atomic mass is 16.2. The van der Waals surface area contributed by atoms with Gasteiger partial charge in [-0.2, -0.15) is 5.10 Å². The minimum absolute atomic E-state index is 0.0704. The lowest BCUT2D eigenvalue weighted by Gasteiger charge is -2.03. The predicted molar refractivity (Wildman–Crippen MR) is 85.3 cm³/mol. The van der Waals surface area contributed by atoms with E-state index in [1.54, 1.807) is 0 Å². The van der Waals surface area contributed by atoms with Crippen LogP contribution in [0.4, 0.5) is 0 Å². The number of hydrogen-bond donors (Lipinski definition) is 3. The molecule has 2 heterocycles. The van der Waals surface area contributed by atoms with Gasteiger partial charge in [0.1, 0.15) is 11.4 Å². The Morgan fingerprint density at radius 1 is 1.25 bits per heavy atom. The number of rotatable bonds is 4. The third kappa shape index (κ3) is 3.14. The van der Waals surface area contributed by atoms with Gasteiger partial charge in [-0.25, -0.2) is 9.78 Å². The Balaban J connectivity index is 1.71. The maximum Gasteiger partial charge on any atom is 0.328 e. The largest absolute Gasteiger partial charge is 0.345 e.